The summed E-state index contributed by atoms with van der Waals surface area (Å²) in [6, 6.07) is 16.1. The molecule has 1 fully saturated rings. The third-order valence-corrected chi connectivity index (χ3v) is 7.37. The fourth-order valence-corrected chi connectivity index (χ4v) is 5.47. The molecule has 166 valence electrons. The van der Waals surface area contributed by atoms with Gasteiger partial charge in [-0.2, -0.15) is 0 Å². The zero-order valence-electron chi connectivity index (χ0n) is 17.7. The van der Waals surface area contributed by atoms with Crippen LogP contribution in [-0.2, 0) is 22.7 Å². The number of primary amides is 1. The number of halogens is 1. The van der Waals surface area contributed by atoms with Gasteiger partial charge < -0.3 is 11.1 Å². The van der Waals surface area contributed by atoms with Gasteiger partial charge in [-0.15, -0.1) is 11.3 Å². The molecule has 1 saturated heterocycles. The number of likely N-dealkylation sites (tertiary alicyclic amines) is 1. The van der Waals surface area contributed by atoms with Gasteiger partial charge in [-0.25, -0.2) is 0 Å². The molecule has 1 aliphatic heterocycles. The predicted octanol–water partition coefficient (Wildman–Crippen LogP) is 4.58. The SMILES string of the molecule is NC(=O)C1CCCN(Cc2cccc(CNC(=O)C=Cc3sc4ccccc4c3Cl)c2)C1. The van der Waals surface area contributed by atoms with Crippen LogP contribution < -0.4 is 11.1 Å². The molecule has 4 rings (SSSR count). The Kier molecular flexibility index (Phi) is 7.25. The molecule has 7 heteroatoms. The molecule has 3 aromatic rings. The van der Waals surface area contributed by atoms with E-state index in [0.717, 1.165) is 52.0 Å². The molecular weight excluding hydrogens is 442 g/mol. The third kappa shape index (κ3) is 5.57. The van der Waals surface area contributed by atoms with Crippen LogP contribution in [0, 0.1) is 5.92 Å². The molecule has 0 bridgehead atoms. The smallest absolute Gasteiger partial charge is 0.244 e. The van der Waals surface area contributed by atoms with Crippen molar-refractivity contribution in [3.63, 3.8) is 0 Å². The number of carbonyl (C=O) groups excluding carboxylic acids is 2. The van der Waals surface area contributed by atoms with Crippen LogP contribution >= 0.6 is 22.9 Å². The molecule has 32 heavy (non-hydrogen) atoms. The Morgan fingerprint density at radius 3 is 2.81 bits per heavy atom. The standard InChI is InChI=1S/C25H26ClN3O2S/c26-24-20-8-1-2-9-21(20)32-22(24)10-11-23(30)28-14-17-5-3-6-18(13-17)15-29-12-4-7-19(16-29)25(27)31/h1-3,5-6,8-11,13,19H,4,7,12,14-16H2,(H2,27,31)(H,28,30). The van der Waals surface area contributed by atoms with Crippen molar-refractivity contribution in [2.45, 2.75) is 25.9 Å². The number of benzene rings is 2. The minimum Gasteiger partial charge on any atom is -0.369 e. The number of piperidine rings is 1. The second-order valence-electron chi connectivity index (χ2n) is 8.12. The summed E-state index contributed by atoms with van der Waals surface area (Å²) in [7, 11) is 0. The number of nitrogens with zero attached hydrogens (tertiary/aromatic N) is 1. The molecule has 1 unspecified atom stereocenters. The minimum atomic E-state index is -0.212. The quantitative estimate of drug-likeness (QED) is 0.499. The van der Waals surface area contributed by atoms with Crippen LogP contribution in [0.1, 0.15) is 28.8 Å². The molecule has 1 atom stereocenters. The maximum absolute atomic E-state index is 12.3. The highest BCUT2D eigenvalue weighted by Crippen LogP contribution is 2.35. The van der Waals surface area contributed by atoms with Gasteiger partial charge in [0, 0.05) is 40.7 Å². The number of rotatable bonds is 7. The molecule has 0 saturated carbocycles. The number of nitrogens with one attached hydrogen (secondary N) is 1. The number of thiophene rings is 1. The van der Waals surface area contributed by atoms with Gasteiger partial charge in [0.15, 0.2) is 0 Å². The van der Waals surface area contributed by atoms with E-state index in [1.807, 2.05) is 36.4 Å². The lowest BCUT2D eigenvalue weighted by molar-refractivity contribution is -0.123. The van der Waals surface area contributed by atoms with Crippen LogP contribution in [0.5, 0.6) is 0 Å². The van der Waals surface area contributed by atoms with E-state index in [1.54, 1.807) is 17.4 Å². The van der Waals surface area contributed by atoms with Crippen molar-refractivity contribution in [3.8, 4) is 0 Å². The van der Waals surface area contributed by atoms with Crippen LogP contribution in [0.2, 0.25) is 5.02 Å². The highest BCUT2D eigenvalue weighted by atomic mass is 35.5. The number of nitrogens with two attached hydrogens (primary N) is 1. The minimum absolute atomic E-state index is 0.0625. The van der Waals surface area contributed by atoms with E-state index < -0.39 is 0 Å². The van der Waals surface area contributed by atoms with Gasteiger partial charge in [-0.1, -0.05) is 54.1 Å². The van der Waals surface area contributed by atoms with E-state index in [-0.39, 0.29) is 17.7 Å². The first-order valence-electron chi connectivity index (χ1n) is 10.7. The van der Waals surface area contributed by atoms with E-state index in [0.29, 0.717) is 18.1 Å². The Morgan fingerprint density at radius 2 is 2.00 bits per heavy atom. The summed E-state index contributed by atoms with van der Waals surface area (Å²) >= 11 is 8.00. The summed E-state index contributed by atoms with van der Waals surface area (Å²) in [5.41, 5.74) is 7.68. The van der Waals surface area contributed by atoms with Crippen molar-refractivity contribution >= 4 is 50.9 Å². The van der Waals surface area contributed by atoms with Crippen molar-refractivity contribution in [3.05, 3.63) is 75.6 Å². The summed E-state index contributed by atoms with van der Waals surface area (Å²) in [5, 5.41) is 4.62. The third-order valence-electron chi connectivity index (χ3n) is 5.72. The highest BCUT2D eigenvalue weighted by molar-refractivity contribution is 7.20. The van der Waals surface area contributed by atoms with Crippen molar-refractivity contribution in [1.82, 2.24) is 10.2 Å². The molecule has 2 aromatic carbocycles. The zero-order chi connectivity index (χ0) is 22.5. The van der Waals surface area contributed by atoms with Gasteiger partial charge in [-0.05, 0) is 42.7 Å². The number of carbonyl (C=O) groups is 2. The lowest BCUT2D eigenvalue weighted by Crippen LogP contribution is -2.40. The Hall–Kier alpha value is -2.67. The van der Waals surface area contributed by atoms with E-state index in [1.165, 1.54) is 6.08 Å². The van der Waals surface area contributed by atoms with E-state index in [4.69, 9.17) is 17.3 Å². The zero-order valence-corrected chi connectivity index (χ0v) is 19.3. The van der Waals surface area contributed by atoms with Crippen LogP contribution in [0.15, 0.2) is 54.6 Å². The Balaban J connectivity index is 1.32. The first-order chi connectivity index (χ1) is 15.5. The molecule has 0 spiro atoms. The second-order valence-corrected chi connectivity index (χ2v) is 9.59. The highest BCUT2D eigenvalue weighted by Gasteiger charge is 2.23. The van der Waals surface area contributed by atoms with Gasteiger partial charge >= 0.3 is 0 Å². The average molecular weight is 468 g/mol. The van der Waals surface area contributed by atoms with Crippen molar-refractivity contribution < 1.29 is 9.59 Å². The number of hydrogen-bond acceptors (Lipinski definition) is 4. The van der Waals surface area contributed by atoms with Gasteiger partial charge in [0.05, 0.1) is 10.9 Å². The number of amides is 2. The lowest BCUT2D eigenvalue weighted by atomic mass is 9.97. The molecule has 5 nitrogen and oxygen atoms in total. The Bertz CT molecular complexity index is 1160. The summed E-state index contributed by atoms with van der Waals surface area (Å²) in [6.07, 6.45) is 5.15. The molecule has 0 aliphatic carbocycles. The van der Waals surface area contributed by atoms with Crippen molar-refractivity contribution in [1.29, 1.82) is 0 Å². The fraction of sp³-hybridized carbons (Fsp3) is 0.280. The number of fused-ring (bicyclic) bond motifs is 1. The Labute approximate surface area is 196 Å². The van der Waals surface area contributed by atoms with Gasteiger partial charge in [-0.3, -0.25) is 14.5 Å². The lowest BCUT2D eigenvalue weighted by Gasteiger charge is -2.31. The first-order valence-corrected chi connectivity index (χ1v) is 11.9. The van der Waals surface area contributed by atoms with Crippen LogP contribution in [0.25, 0.3) is 16.2 Å². The largest absolute Gasteiger partial charge is 0.369 e. The number of hydrogen-bond donors (Lipinski definition) is 2. The van der Waals surface area contributed by atoms with E-state index in [2.05, 4.69) is 22.3 Å². The summed E-state index contributed by atoms with van der Waals surface area (Å²) in [6.45, 7) is 2.90. The molecule has 1 aromatic heterocycles. The molecule has 2 amide bonds. The maximum atomic E-state index is 12.3. The summed E-state index contributed by atoms with van der Waals surface area (Å²) < 4.78 is 1.10. The summed E-state index contributed by atoms with van der Waals surface area (Å²) in [4.78, 5) is 27.0. The van der Waals surface area contributed by atoms with E-state index >= 15 is 0 Å². The van der Waals surface area contributed by atoms with Crippen LogP contribution in [-0.4, -0.2) is 29.8 Å². The van der Waals surface area contributed by atoms with Gasteiger partial charge in [0.25, 0.3) is 0 Å². The van der Waals surface area contributed by atoms with Gasteiger partial charge in [0.1, 0.15) is 0 Å². The Morgan fingerprint density at radius 1 is 1.19 bits per heavy atom. The molecular formula is C25H26ClN3O2S. The summed E-state index contributed by atoms with van der Waals surface area (Å²) in [5.74, 6) is -0.437. The monoisotopic (exact) mass is 467 g/mol. The topological polar surface area (TPSA) is 75.4 Å². The van der Waals surface area contributed by atoms with Crippen LogP contribution in [0.3, 0.4) is 0 Å². The average Bonchev–Trinajstić information content (AvgIpc) is 3.12. The normalized spacial score (nSPS) is 17.1. The first kappa shape index (κ1) is 22.5. The maximum Gasteiger partial charge on any atom is 0.244 e. The van der Waals surface area contributed by atoms with Crippen molar-refractivity contribution in [2.24, 2.45) is 11.7 Å². The molecule has 2 heterocycles. The van der Waals surface area contributed by atoms with Crippen LogP contribution in [0.4, 0.5) is 0 Å². The molecule has 3 N–H and O–H groups in total. The second kappa shape index (κ2) is 10.3. The molecule has 1 aliphatic rings. The predicted molar refractivity (Wildman–Crippen MR) is 131 cm³/mol. The van der Waals surface area contributed by atoms with Gasteiger partial charge in [0.2, 0.25) is 11.8 Å². The van der Waals surface area contributed by atoms with Crippen molar-refractivity contribution in [2.75, 3.05) is 13.1 Å². The fourth-order valence-electron chi connectivity index (χ4n) is 4.07. The molecule has 0 radical (unpaired) electrons. The van der Waals surface area contributed by atoms with E-state index in [9.17, 15) is 9.59 Å².